The Hall–Kier alpha value is -1.35. The van der Waals surface area contributed by atoms with Crippen molar-refractivity contribution >= 4 is 5.97 Å². The topological polar surface area (TPSA) is 52.3 Å². The van der Waals surface area contributed by atoms with E-state index in [4.69, 9.17) is 5.90 Å². The van der Waals surface area contributed by atoms with E-state index in [0.29, 0.717) is 12.3 Å². The molecule has 0 saturated heterocycles. The lowest BCUT2D eigenvalue weighted by Gasteiger charge is -2.18. The Bertz CT molecular complexity index is 311. The fourth-order valence-electron chi connectivity index (χ4n) is 1.57. The zero-order chi connectivity index (χ0) is 11.3. The molecule has 15 heavy (non-hydrogen) atoms. The minimum Gasteiger partial charge on any atom is -0.373 e. The standard InChI is InChI=1S/C12H17NO2/c1-9(8-12(14)15-13)10(2)11-6-4-3-5-7-11/h3-7,9-10H,8,13H2,1-2H3. The van der Waals surface area contributed by atoms with E-state index < -0.39 is 0 Å². The van der Waals surface area contributed by atoms with Gasteiger partial charge in [0.1, 0.15) is 0 Å². The molecular formula is C12H17NO2. The monoisotopic (exact) mass is 207 g/mol. The number of hydrogen-bond donors (Lipinski definition) is 1. The fraction of sp³-hybridized carbons (Fsp3) is 0.417. The van der Waals surface area contributed by atoms with Crippen LogP contribution in [0.2, 0.25) is 0 Å². The SMILES string of the molecule is CC(CC(=O)ON)C(C)c1ccccc1. The molecule has 2 unspecified atom stereocenters. The first-order valence-electron chi connectivity index (χ1n) is 5.09. The maximum absolute atomic E-state index is 11.0. The van der Waals surface area contributed by atoms with E-state index in [-0.39, 0.29) is 11.9 Å². The van der Waals surface area contributed by atoms with E-state index in [9.17, 15) is 4.79 Å². The average molecular weight is 207 g/mol. The van der Waals surface area contributed by atoms with Crippen molar-refractivity contribution in [2.24, 2.45) is 11.8 Å². The van der Waals surface area contributed by atoms with Gasteiger partial charge in [-0.1, -0.05) is 44.2 Å². The van der Waals surface area contributed by atoms with Crippen LogP contribution in [0, 0.1) is 5.92 Å². The second-order valence-electron chi connectivity index (χ2n) is 3.87. The molecule has 0 aliphatic carbocycles. The summed E-state index contributed by atoms with van der Waals surface area (Å²) in [6.45, 7) is 4.12. The molecule has 0 radical (unpaired) electrons. The molecule has 1 aromatic rings. The van der Waals surface area contributed by atoms with Gasteiger partial charge in [-0.25, -0.2) is 0 Å². The third kappa shape index (κ3) is 3.36. The number of carbonyl (C=O) groups excluding carboxylic acids is 1. The normalized spacial score (nSPS) is 14.3. The van der Waals surface area contributed by atoms with Crippen molar-refractivity contribution in [1.29, 1.82) is 0 Å². The Morgan fingerprint density at radius 2 is 1.93 bits per heavy atom. The van der Waals surface area contributed by atoms with Crippen molar-refractivity contribution in [2.45, 2.75) is 26.2 Å². The van der Waals surface area contributed by atoms with E-state index in [1.807, 2.05) is 25.1 Å². The van der Waals surface area contributed by atoms with Gasteiger partial charge in [0.25, 0.3) is 0 Å². The van der Waals surface area contributed by atoms with E-state index in [1.165, 1.54) is 5.56 Å². The van der Waals surface area contributed by atoms with Gasteiger partial charge in [0, 0.05) is 0 Å². The Morgan fingerprint density at radius 1 is 1.33 bits per heavy atom. The van der Waals surface area contributed by atoms with E-state index >= 15 is 0 Å². The summed E-state index contributed by atoms with van der Waals surface area (Å²) in [6.07, 6.45) is 0.354. The highest BCUT2D eigenvalue weighted by molar-refractivity contribution is 5.69. The van der Waals surface area contributed by atoms with E-state index in [0.717, 1.165) is 0 Å². The van der Waals surface area contributed by atoms with Crippen LogP contribution in [0.4, 0.5) is 0 Å². The van der Waals surface area contributed by atoms with Crippen molar-refractivity contribution in [3.05, 3.63) is 35.9 Å². The first-order chi connectivity index (χ1) is 7.15. The molecule has 0 amide bonds. The molecule has 0 fully saturated rings. The van der Waals surface area contributed by atoms with Crippen molar-refractivity contribution in [3.63, 3.8) is 0 Å². The molecule has 82 valence electrons. The van der Waals surface area contributed by atoms with Gasteiger partial charge in [0.2, 0.25) is 0 Å². The van der Waals surface area contributed by atoms with Crippen LogP contribution >= 0.6 is 0 Å². The van der Waals surface area contributed by atoms with Crippen LogP contribution in [0.3, 0.4) is 0 Å². The largest absolute Gasteiger partial charge is 0.373 e. The zero-order valence-electron chi connectivity index (χ0n) is 9.14. The van der Waals surface area contributed by atoms with Gasteiger partial charge in [-0.15, -0.1) is 0 Å². The van der Waals surface area contributed by atoms with Gasteiger partial charge in [0.05, 0.1) is 6.42 Å². The predicted octanol–water partition coefficient (Wildman–Crippen LogP) is 2.23. The van der Waals surface area contributed by atoms with Gasteiger partial charge in [-0.2, -0.15) is 5.90 Å². The first-order valence-corrected chi connectivity index (χ1v) is 5.09. The highest BCUT2D eigenvalue weighted by Crippen LogP contribution is 2.26. The Balaban J connectivity index is 2.61. The van der Waals surface area contributed by atoms with Gasteiger partial charge < -0.3 is 4.84 Å². The predicted molar refractivity (Wildman–Crippen MR) is 58.9 cm³/mol. The molecule has 0 aliphatic heterocycles. The van der Waals surface area contributed by atoms with Gasteiger partial charge in [-0.3, -0.25) is 4.79 Å². The summed E-state index contributed by atoms with van der Waals surface area (Å²) < 4.78 is 0. The summed E-state index contributed by atoms with van der Waals surface area (Å²) in [5, 5.41) is 0. The van der Waals surface area contributed by atoms with Crippen LogP contribution in [0.15, 0.2) is 30.3 Å². The summed E-state index contributed by atoms with van der Waals surface area (Å²) in [6, 6.07) is 10.1. The van der Waals surface area contributed by atoms with Gasteiger partial charge in [-0.05, 0) is 17.4 Å². The molecule has 0 spiro atoms. The number of benzene rings is 1. The fourth-order valence-corrected chi connectivity index (χ4v) is 1.57. The maximum Gasteiger partial charge on any atom is 0.324 e. The third-order valence-electron chi connectivity index (χ3n) is 2.80. The maximum atomic E-state index is 11.0. The van der Waals surface area contributed by atoms with Crippen LogP contribution in [0.25, 0.3) is 0 Å². The number of rotatable bonds is 4. The molecule has 0 aliphatic rings. The molecule has 2 N–H and O–H groups in total. The zero-order valence-corrected chi connectivity index (χ0v) is 9.14. The summed E-state index contributed by atoms with van der Waals surface area (Å²) in [4.78, 5) is 15.2. The lowest BCUT2D eigenvalue weighted by molar-refractivity contribution is -0.145. The summed E-state index contributed by atoms with van der Waals surface area (Å²) in [7, 11) is 0. The van der Waals surface area contributed by atoms with Gasteiger partial charge in [0.15, 0.2) is 0 Å². The van der Waals surface area contributed by atoms with Crippen LogP contribution in [0.1, 0.15) is 31.7 Å². The number of carbonyl (C=O) groups is 1. The molecule has 0 heterocycles. The smallest absolute Gasteiger partial charge is 0.324 e. The molecule has 0 aromatic heterocycles. The second-order valence-corrected chi connectivity index (χ2v) is 3.87. The molecule has 3 nitrogen and oxygen atoms in total. The van der Waals surface area contributed by atoms with Crippen molar-refractivity contribution in [2.75, 3.05) is 0 Å². The van der Waals surface area contributed by atoms with Crippen molar-refractivity contribution in [1.82, 2.24) is 0 Å². The second kappa shape index (κ2) is 5.51. The highest BCUT2D eigenvalue weighted by atomic mass is 16.7. The lowest BCUT2D eigenvalue weighted by atomic mass is 9.87. The third-order valence-corrected chi connectivity index (χ3v) is 2.80. The average Bonchev–Trinajstić information content (AvgIpc) is 2.29. The lowest BCUT2D eigenvalue weighted by Crippen LogP contribution is -2.16. The minimum atomic E-state index is -0.356. The molecular weight excluding hydrogens is 190 g/mol. The molecule has 0 saturated carbocycles. The van der Waals surface area contributed by atoms with Crippen LogP contribution in [-0.4, -0.2) is 5.97 Å². The minimum absolute atomic E-state index is 0.225. The summed E-state index contributed by atoms with van der Waals surface area (Å²) >= 11 is 0. The van der Waals surface area contributed by atoms with Crippen molar-refractivity contribution in [3.8, 4) is 0 Å². The molecule has 1 rings (SSSR count). The summed E-state index contributed by atoms with van der Waals surface area (Å²) in [5.41, 5.74) is 1.23. The number of hydrogen-bond acceptors (Lipinski definition) is 3. The Labute approximate surface area is 90.2 Å². The van der Waals surface area contributed by atoms with E-state index in [2.05, 4.69) is 23.9 Å². The first kappa shape index (κ1) is 11.7. The molecule has 1 aromatic carbocycles. The Morgan fingerprint density at radius 3 is 2.47 bits per heavy atom. The Kier molecular flexibility index (Phi) is 4.31. The quantitative estimate of drug-likeness (QED) is 0.770. The molecule has 3 heteroatoms. The van der Waals surface area contributed by atoms with Crippen LogP contribution < -0.4 is 5.90 Å². The highest BCUT2D eigenvalue weighted by Gasteiger charge is 2.17. The molecule has 2 atom stereocenters. The van der Waals surface area contributed by atoms with Gasteiger partial charge >= 0.3 is 5.97 Å². The number of nitrogens with two attached hydrogens (primary N) is 1. The molecule has 0 bridgehead atoms. The van der Waals surface area contributed by atoms with E-state index in [1.54, 1.807) is 0 Å². The van der Waals surface area contributed by atoms with Crippen LogP contribution in [-0.2, 0) is 9.63 Å². The van der Waals surface area contributed by atoms with Crippen LogP contribution in [0.5, 0.6) is 0 Å². The van der Waals surface area contributed by atoms with Crippen molar-refractivity contribution < 1.29 is 9.63 Å². The summed E-state index contributed by atoms with van der Waals surface area (Å²) in [5.74, 6) is 5.00.